The van der Waals surface area contributed by atoms with E-state index in [9.17, 15) is 9.59 Å². The SMILES string of the molecule is COC(=O)CCC(=O)Nc1ccc(-c2ccccc2)cc1. The van der Waals surface area contributed by atoms with Crippen molar-refractivity contribution in [2.24, 2.45) is 0 Å². The molecule has 1 N–H and O–H groups in total. The Morgan fingerprint density at radius 1 is 0.905 bits per heavy atom. The Hall–Kier alpha value is -2.62. The first-order chi connectivity index (χ1) is 10.2. The largest absolute Gasteiger partial charge is 0.469 e. The molecule has 0 saturated heterocycles. The molecule has 0 radical (unpaired) electrons. The highest BCUT2D eigenvalue weighted by atomic mass is 16.5. The van der Waals surface area contributed by atoms with Crippen molar-refractivity contribution in [3.05, 3.63) is 54.6 Å². The average Bonchev–Trinajstić information content (AvgIpc) is 2.54. The Kier molecular flexibility index (Phi) is 5.10. The molecular weight excluding hydrogens is 266 g/mol. The van der Waals surface area contributed by atoms with Crippen LogP contribution in [0, 0.1) is 0 Å². The van der Waals surface area contributed by atoms with Gasteiger partial charge in [-0.1, -0.05) is 42.5 Å². The minimum Gasteiger partial charge on any atom is -0.469 e. The van der Waals surface area contributed by atoms with E-state index in [0.717, 1.165) is 11.1 Å². The number of rotatable bonds is 5. The molecule has 0 aliphatic heterocycles. The fourth-order valence-electron chi connectivity index (χ4n) is 1.92. The van der Waals surface area contributed by atoms with Gasteiger partial charge >= 0.3 is 5.97 Å². The summed E-state index contributed by atoms with van der Waals surface area (Å²) in [5.41, 5.74) is 2.92. The van der Waals surface area contributed by atoms with Gasteiger partial charge in [-0.25, -0.2) is 0 Å². The monoisotopic (exact) mass is 283 g/mol. The third-order valence-corrected chi connectivity index (χ3v) is 3.06. The number of methoxy groups -OCH3 is 1. The lowest BCUT2D eigenvalue weighted by Gasteiger charge is -2.06. The zero-order valence-corrected chi connectivity index (χ0v) is 11.8. The molecule has 0 saturated carbocycles. The predicted molar refractivity (Wildman–Crippen MR) is 81.8 cm³/mol. The van der Waals surface area contributed by atoms with Crippen molar-refractivity contribution in [2.75, 3.05) is 12.4 Å². The molecule has 0 bridgehead atoms. The van der Waals surface area contributed by atoms with Gasteiger partial charge in [0.25, 0.3) is 0 Å². The maximum Gasteiger partial charge on any atom is 0.306 e. The molecule has 1 amide bonds. The molecule has 0 aromatic heterocycles. The predicted octanol–water partition coefficient (Wildman–Crippen LogP) is 3.25. The summed E-state index contributed by atoms with van der Waals surface area (Å²) in [7, 11) is 1.31. The van der Waals surface area contributed by atoms with Crippen LogP contribution in [-0.4, -0.2) is 19.0 Å². The standard InChI is InChI=1S/C17H17NO3/c1-21-17(20)12-11-16(19)18-15-9-7-14(8-10-15)13-5-3-2-4-6-13/h2-10H,11-12H2,1H3,(H,18,19). The highest BCUT2D eigenvalue weighted by Crippen LogP contribution is 2.21. The Morgan fingerprint density at radius 2 is 1.52 bits per heavy atom. The lowest BCUT2D eigenvalue weighted by Crippen LogP contribution is -2.13. The van der Waals surface area contributed by atoms with Crippen molar-refractivity contribution in [3.8, 4) is 11.1 Å². The molecule has 4 nitrogen and oxygen atoms in total. The van der Waals surface area contributed by atoms with E-state index < -0.39 is 0 Å². The third-order valence-electron chi connectivity index (χ3n) is 3.06. The van der Waals surface area contributed by atoms with Crippen LogP contribution in [0.4, 0.5) is 5.69 Å². The van der Waals surface area contributed by atoms with Crippen LogP contribution in [0.3, 0.4) is 0 Å². The Balaban J connectivity index is 1.94. The lowest BCUT2D eigenvalue weighted by molar-refractivity contribution is -0.141. The van der Waals surface area contributed by atoms with E-state index >= 15 is 0 Å². The maximum atomic E-state index is 11.7. The van der Waals surface area contributed by atoms with Crippen LogP contribution in [0.2, 0.25) is 0 Å². The van der Waals surface area contributed by atoms with Crippen LogP contribution in [0.15, 0.2) is 54.6 Å². The normalized spacial score (nSPS) is 9.95. The van der Waals surface area contributed by atoms with Gasteiger partial charge in [0, 0.05) is 12.1 Å². The summed E-state index contributed by atoms with van der Waals surface area (Å²) in [6.07, 6.45) is 0.206. The van der Waals surface area contributed by atoms with Gasteiger partial charge < -0.3 is 10.1 Å². The average molecular weight is 283 g/mol. The molecule has 2 rings (SSSR count). The van der Waals surface area contributed by atoms with E-state index in [0.29, 0.717) is 5.69 Å². The number of hydrogen-bond acceptors (Lipinski definition) is 3. The molecule has 4 heteroatoms. The number of ether oxygens (including phenoxy) is 1. The number of benzene rings is 2. The zero-order chi connectivity index (χ0) is 15.1. The molecule has 108 valence electrons. The number of amides is 1. The van der Waals surface area contributed by atoms with Crippen molar-refractivity contribution >= 4 is 17.6 Å². The van der Waals surface area contributed by atoms with Crippen LogP contribution >= 0.6 is 0 Å². The molecule has 0 spiro atoms. The number of carbonyl (C=O) groups is 2. The molecule has 0 aliphatic carbocycles. The molecule has 0 fully saturated rings. The van der Waals surface area contributed by atoms with Crippen LogP contribution in [0.25, 0.3) is 11.1 Å². The molecule has 0 unspecified atom stereocenters. The van der Waals surface area contributed by atoms with Gasteiger partial charge in [-0.05, 0) is 23.3 Å². The molecule has 21 heavy (non-hydrogen) atoms. The first-order valence-electron chi connectivity index (χ1n) is 6.71. The van der Waals surface area contributed by atoms with Crippen LogP contribution in [0.1, 0.15) is 12.8 Å². The number of nitrogens with one attached hydrogen (secondary N) is 1. The van der Waals surface area contributed by atoms with E-state index in [1.165, 1.54) is 7.11 Å². The Morgan fingerprint density at radius 3 is 2.14 bits per heavy atom. The van der Waals surface area contributed by atoms with Gasteiger partial charge in [-0.2, -0.15) is 0 Å². The summed E-state index contributed by atoms with van der Waals surface area (Å²) in [6, 6.07) is 17.6. The highest BCUT2D eigenvalue weighted by Gasteiger charge is 2.07. The third kappa shape index (κ3) is 4.45. The molecule has 0 atom stereocenters. The number of hydrogen-bond donors (Lipinski definition) is 1. The summed E-state index contributed by atoms with van der Waals surface area (Å²) in [5.74, 6) is -0.586. The van der Waals surface area contributed by atoms with Gasteiger partial charge in [-0.3, -0.25) is 9.59 Å². The fourth-order valence-corrected chi connectivity index (χ4v) is 1.92. The van der Waals surface area contributed by atoms with Crippen LogP contribution in [0.5, 0.6) is 0 Å². The fraction of sp³-hybridized carbons (Fsp3) is 0.176. The van der Waals surface area contributed by atoms with Gasteiger partial charge in [-0.15, -0.1) is 0 Å². The number of esters is 1. The Labute approximate surface area is 123 Å². The maximum absolute atomic E-state index is 11.7. The second-order valence-electron chi connectivity index (χ2n) is 4.57. The van der Waals surface area contributed by atoms with Crippen molar-refractivity contribution in [3.63, 3.8) is 0 Å². The van der Waals surface area contributed by atoms with Crippen molar-refractivity contribution in [1.29, 1.82) is 0 Å². The topological polar surface area (TPSA) is 55.4 Å². The van der Waals surface area contributed by atoms with Gasteiger partial charge in [0.1, 0.15) is 0 Å². The van der Waals surface area contributed by atoms with Crippen molar-refractivity contribution in [2.45, 2.75) is 12.8 Å². The van der Waals surface area contributed by atoms with Gasteiger partial charge in [0.2, 0.25) is 5.91 Å². The minimum atomic E-state index is -0.385. The van der Waals surface area contributed by atoms with Crippen LogP contribution in [-0.2, 0) is 14.3 Å². The minimum absolute atomic E-state index is 0.0877. The second kappa shape index (κ2) is 7.24. The summed E-state index contributed by atoms with van der Waals surface area (Å²) >= 11 is 0. The Bertz CT molecular complexity index is 606. The van der Waals surface area contributed by atoms with E-state index in [1.54, 1.807) is 0 Å². The van der Waals surface area contributed by atoms with Gasteiger partial charge in [0.15, 0.2) is 0 Å². The van der Waals surface area contributed by atoms with Crippen molar-refractivity contribution < 1.29 is 14.3 Å². The summed E-state index contributed by atoms with van der Waals surface area (Å²) in [5, 5.41) is 2.75. The van der Waals surface area contributed by atoms with E-state index in [2.05, 4.69) is 10.1 Å². The highest BCUT2D eigenvalue weighted by molar-refractivity contribution is 5.92. The molecule has 0 aliphatic rings. The molecule has 0 heterocycles. The van der Waals surface area contributed by atoms with E-state index in [1.807, 2.05) is 54.6 Å². The summed E-state index contributed by atoms with van der Waals surface area (Å²) < 4.78 is 4.50. The number of anilines is 1. The lowest BCUT2D eigenvalue weighted by atomic mass is 10.1. The summed E-state index contributed by atoms with van der Waals surface area (Å²) in [4.78, 5) is 22.6. The van der Waals surface area contributed by atoms with E-state index in [-0.39, 0.29) is 24.7 Å². The number of carbonyl (C=O) groups excluding carboxylic acids is 2. The first-order valence-corrected chi connectivity index (χ1v) is 6.71. The smallest absolute Gasteiger partial charge is 0.306 e. The molecule has 2 aromatic carbocycles. The van der Waals surface area contributed by atoms with Crippen LogP contribution < -0.4 is 5.32 Å². The van der Waals surface area contributed by atoms with Crippen molar-refractivity contribution in [1.82, 2.24) is 0 Å². The quantitative estimate of drug-likeness (QED) is 0.857. The zero-order valence-electron chi connectivity index (χ0n) is 11.8. The first kappa shape index (κ1) is 14.8. The molecule has 2 aromatic rings. The second-order valence-corrected chi connectivity index (χ2v) is 4.57. The molecular formula is C17H17NO3. The van der Waals surface area contributed by atoms with Gasteiger partial charge in [0.05, 0.1) is 13.5 Å². The summed E-state index contributed by atoms with van der Waals surface area (Å²) in [6.45, 7) is 0. The van der Waals surface area contributed by atoms with E-state index in [4.69, 9.17) is 0 Å².